The first-order valence-electron chi connectivity index (χ1n) is 6.73. The van der Waals surface area contributed by atoms with Crippen molar-refractivity contribution in [2.45, 2.75) is 32.4 Å². The number of piperidine rings is 1. The van der Waals surface area contributed by atoms with Crippen LogP contribution in [0.4, 0.5) is 0 Å². The number of rotatable bonds is 5. The highest BCUT2D eigenvalue weighted by molar-refractivity contribution is 5.09. The smallest absolute Gasteiger partial charge is 0.0271 e. The predicted octanol–water partition coefficient (Wildman–Crippen LogP) is 2.21. The molecule has 0 aromatic carbocycles. The molecule has 0 spiro atoms. The Morgan fingerprint density at radius 3 is 2.67 bits per heavy atom. The zero-order valence-electron chi connectivity index (χ0n) is 11.2. The van der Waals surface area contributed by atoms with Crippen molar-refractivity contribution < 1.29 is 0 Å². The molecule has 98 valence electrons. The molecule has 1 aliphatic heterocycles. The Kier molecular flexibility index (Phi) is 4.90. The molecule has 1 aliphatic rings. The third-order valence-electron chi connectivity index (χ3n) is 3.43. The van der Waals surface area contributed by atoms with Crippen LogP contribution in [0.1, 0.15) is 25.3 Å². The van der Waals surface area contributed by atoms with Gasteiger partial charge in [0.05, 0.1) is 0 Å². The van der Waals surface area contributed by atoms with E-state index < -0.39 is 0 Å². The zero-order chi connectivity index (χ0) is 12.8. The molecule has 0 unspecified atom stereocenters. The van der Waals surface area contributed by atoms with Crippen LogP contribution < -0.4 is 5.32 Å². The summed E-state index contributed by atoms with van der Waals surface area (Å²) in [6, 6.07) is 4.80. The second-order valence-corrected chi connectivity index (χ2v) is 5.24. The second-order valence-electron chi connectivity index (χ2n) is 5.24. The lowest BCUT2D eigenvalue weighted by Crippen LogP contribution is -2.42. The van der Waals surface area contributed by atoms with Crippen molar-refractivity contribution in [3.05, 3.63) is 42.2 Å². The molecule has 0 radical (unpaired) electrons. The van der Waals surface area contributed by atoms with Crippen LogP contribution in [-0.2, 0) is 6.54 Å². The van der Waals surface area contributed by atoms with Crippen molar-refractivity contribution in [2.75, 3.05) is 19.6 Å². The lowest BCUT2D eigenvalue weighted by atomic mass is 10.0. The van der Waals surface area contributed by atoms with Crippen LogP contribution in [0.25, 0.3) is 0 Å². The maximum absolute atomic E-state index is 4.03. The molecule has 0 bridgehead atoms. The molecule has 3 heteroatoms. The quantitative estimate of drug-likeness (QED) is 0.806. The first-order chi connectivity index (χ1) is 8.74. The van der Waals surface area contributed by atoms with Gasteiger partial charge in [-0.1, -0.05) is 12.2 Å². The zero-order valence-corrected chi connectivity index (χ0v) is 11.2. The van der Waals surface area contributed by atoms with Crippen molar-refractivity contribution in [2.24, 2.45) is 0 Å². The molecular formula is C15H23N3. The molecule has 3 nitrogen and oxygen atoms in total. The van der Waals surface area contributed by atoms with E-state index in [2.05, 4.69) is 40.8 Å². The summed E-state index contributed by atoms with van der Waals surface area (Å²) in [5.74, 6) is 0. The molecule has 0 amide bonds. The van der Waals surface area contributed by atoms with Gasteiger partial charge in [-0.3, -0.25) is 9.88 Å². The van der Waals surface area contributed by atoms with Gasteiger partial charge in [0.1, 0.15) is 0 Å². The number of nitrogens with zero attached hydrogens (tertiary/aromatic N) is 2. The van der Waals surface area contributed by atoms with Gasteiger partial charge >= 0.3 is 0 Å². The van der Waals surface area contributed by atoms with E-state index in [1.807, 2.05) is 12.4 Å². The number of hydrogen-bond acceptors (Lipinski definition) is 3. The summed E-state index contributed by atoms with van der Waals surface area (Å²) in [7, 11) is 0. The Hall–Kier alpha value is -1.19. The molecule has 18 heavy (non-hydrogen) atoms. The molecular weight excluding hydrogens is 222 g/mol. The van der Waals surface area contributed by atoms with Gasteiger partial charge in [0.2, 0.25) is 0 Å². The first-order valence-corrected chi connectivity index (χ1v) is 6.73. The predicted molar refractivity (Wildman–Crippen MR) is 75.4 cm³/mol. The Morgan fingerprint density at radius 1 is 1.39 bits per heavy atom. The van der Waals surface area contributed by atoms with E-state index in [1.54, 1.807) is 0 Å². The van der Waals surface area contributed by atoms with Crippen molar-refractivity contribution in [3.63, 3.8) is 0 Å². The van der Waals surface area contributed by atoms with Gasteiger partial charge in [-0.15, -0.1) is 0 Å². The standard InChI is InChI=1S/C15H23N3/c1-13(2)12-18-9-5-15(6-10-18)17-11-14-3-7-16-8-4-14/h3-4,7-8,15,17H,1,5-6,9-12H2,2H3. The number of likely N-dealkylation sites (tertiary alicyclic amines) is 1. The molecule has 0 saturated carbocycles. The van der Waals surface area contributed by atoms with Gasteiger partial charge in [0.15, 0.2) is 0 Å². The minimum atomic E-state index is 0.652. The van der Waals surface area contributed by atoms with Gasteiger partial charge in [0, 0.05) is 31.5 Å². The van der Waals surface area contributed by atoms with E-state index in [0.29, 0.717) is 6.04 Å². The molecule has 0 aliphatic carbocycles. The molecule has 1 aromatic rings. The SMILES string of the molecule is C=C(C)CN1CCC(NCc2ccncc2)CC1. The molecule has 2 rings (SSSR count). The third kappa shape index (κ3) is 4.24. The van der Waals surface area contributed by atoms with Gasteiger partial charge in [0.25, 0.3) is 0 Å². The minimum Gasteiger partial charge on any atom is -0.310 e. The molecule has 0 atom stereocenters. The Bertz CT molecular complexity index is 367. The van der Waals surface area contributed by atoms with Crippen molar-refractivity contribution in [3.8, 4) is 0 Å². The Labute approximate surface area is 110 Å². The molecule has 2 heterocycles. The van der Waals surface area contributed by atoms with Crippen molar-refractivity contribution in [1.82, 2.24) is 15.2 Å². The van der Waals surface area contributed by atoms with E-state index in [1.165, 1.54) is 37.1 Å². The number of nitrogens with one attached hydrogen (secondary N) is 1. The average Bonchev–Trinajstić information content (AvgIpc) is 2.38. The Morgan fingerprint density at radius 2 is 2.06 bits per heavy atom. The summed E-state index contributed by atoms with van der Waals surface area (Å²) in [6.07, 6.45) is 6.18. The van der Waals surface area contributed by atoms with Gasteiger partial charge in [-0.2, -0.15) is 0 Å². The normalized spacial score (nSPS) is 17.8. The maximum atomic E-state index is 4.03. The minimum absolute atomic E-state index is 0.652. The maximum Gasteiger partial charge on any atom is 0.0271 e. The van der Waals surface area contributed by atoms with Crippen molar-refractivity contribution in [1.29, 1.82) is 0 Å². The van der Waals surface area contributed by atoms with Gasteiger partial charge in [-0.05, 0) is 50.6 Å². The molecule has 1 N–H and O–H groups in total. The van der Waals surface area contributed by atoms with Crippen LogP contribution in [-0.4, -0.2) is 35.6 Å². The molecule has 1 saturated heterocycles. The van der Waals surface area contributed by atoms with Gasteiger partial charge < -0.3 is 5.32 Å². The Balaban J connectivity index is 1.69. The highest BCUT2D eigenvalue weighted by Crippen LogP contribution is 2.12. The fraction of sp³-hybridized carbons (Fsp3) is 0.533. The highest BCUT2D eigenvalue weighted by Gasteiger charge is 2.18. The van der Waals surface area contributed by atoms with E-state index in [4.69, 9.17) is 0 Å². The largest absolute Gasteiger partial charge is 0.310 e. The van der Waals surface area contributed by atoms with E-state index >= 15 is 0 Å². The van der Waals surface area contributed by atoms with Crippen LogP contribution in [0.2, 0.25) is 0 Å². The van der Waals surface area contributed by atoms with E-state index in [0.717, 1.165) is 13.1 Å². The van der Waals surface area contributed by atoms with Gasteiger partial charge in [-0.25, -0.2) is 0 Å². The summed E-state index contributed by atoms with van der Waals surface area (Å²) < 4.78 is 0. The summed E-state index contributed by atoms with van der Waals surface area (Å²) >= 11 is 0. The third-order valence-corrected chi connectivity index (χ3v) is 3.43. The lowest BCUT2D eigenvalue weighted by molar-refractivity contribution is 0.211. The van der Waals surface area contributed by atoms with Crippen LogP contribution in [0.5, 0.6) is 0 Å². The summed E-state index contributed by atoms with van der Waals surface area (Å²) in [6.45, 7) is 10.5. The van der Waals surface area contributed by atoms with Crippen LogP contribution in [0.15, 0.2) is 36.7 Å². The second kappa shape index (κ2) is 6.66. The summed E-state index contributed by atoms with van der Waals surface area (Å²) in [5, 5.41) is 3.63. The monoisotopic (exact) mass is 245 g/mol. The van der Waals surface area contributed by atoms with E-state index in [9.17, 15) is 0 Å². The van der Waals surface area contributed by atoms with E-state index in [-0.39, 0.29) is 0 Å². The number of hydrogen-bond donors (Lipinski definition) is 1. The first kappa shape index (κ1) is 13.2. The number of pyridine rings is 1. The van der Waals surface area contributed by atoms with Crippen LogP contribution >= 0.6 is 0 Å². The van der Waals surface area contributed by atoms with Crippen LogP contribution in [0, 0.1) is 0 Å². The van der Waals surface area contributed by atoms with Crippen molar-refractivity contribution >= 4 is 0 Å². The fourth-order valence-corrected chi connectivity index (χ4v) is 2.44. The molecule has 1 fully saturated rings. The number of aromatic nitrogens is 1. The topological polar surface area (TPSA) is 28.2 Å². The highest BCUT2D eigenvalue weighted by atomic mass is 15.1. The lowest BCUT2D eigenvalue weighted by Gasteiger charge is -2.32. The molecule has 1 aromatic heterocycles. The average molecular weight is 245 g/mol. The fourth-order valence-electron chi connectivity index (χ4n) is 2.44. The summed E-state index contributed by atoms with van der Waals surface area (Å²) in [4.78, 5) is 6.53. The van der Waals surface area contributed by atoms with Crippen LogP contribution in [0.3, 0.4) is 0 Å². The summed E-state index contributed by atoms with van der Waals surface area (Å²) in [5.41, 5.74) is 2.58.